The van der Waals surface area contributed by atoms with E-state index in [1.54, 1.807) is 6.92 Å². The molecular weight excluding hydrogens is 600 g/mol. The standard InChI is InChI=1S/C12H23N3OS.C11H23N3O3S.C2H4OS.K/c1-12(16)17-11-9-7-5-3-2-4-6-8-10-14-15-13;1-18(15,16)17-11-9-7-5-3-2-4-6-8-10-13-14-12;1-2(3)4;/h2-11H2,1H3;2-11H2,1H3;1H3,(H,3,4);/q;;;+1/p-1. The molecule has 0 rings (SSSR count). The topological polar surface area (TPSA) is 175 Å². The molecule has 15 heteroatoms. The van der Waals surface area contributed by atoms with Crippen molar-refractivity contribution in [2.45, 2.75) is 117 Å². The number of hydrogen-bond donors (Lipinski definition) is 0. The SMILES string of the molecule is CC(=O)SCCCCCCCCCCN=[N+]=[N-].CC(=O)[S-].CS(=O)(=O)OCCCCCCCCCCN=[N+]=[N-].[K+]. The molecule has 0 heterocycles. The van der Waals surface area contributed by atoms with Crippen molar-refractivity contribution in [1.29, 1.82) is 0 Å². The summed E-state index contributed by atoms with van der Waals surface area (Å²) in [5.74, 6) is 0.974. The first kappa shape index (κ1) is 47.0. The van der Waals surface area contributed by atoms with Crippen molar-refractivity contribution in [3.8, 4) is 0 Å². The molecule has 228 valence electrons. The van der Waals surface area contributed by atoms with E-state index in [1.807, 2.05) is 0 Å². The van der Waals surface area contributed by atoms with Crippen LogP contribution in [0, 0.1) is 0 Å². The van der Waals surface area contributed by atoms with Crippen molar-refractivity contribution in [2.75, 3.05) is 31.7 Å². The Morgan fingerprint density at radius 1 is 0.725 bits per heavy atom. The molecule has 0 saturated heterocycles. The molecule has 0 unspecified atom stereocenters. The van der Waals surface area contributed by atoms with Crippen LogP contribution >= 0.6 is 11.8 Å². The Kier molecular flexibility index (Phi) is 45.9. The number of carbonyl (C=O) groups excluding carboxylic acids is 2. The summed E-state index contributed by atoms with van der Waals surface area (Å²) in [4.78, 5) is 25.3. The van der Waals surface area contributed by atoms with Gasteiger partial charge in [-0.2, -0.15) is 8.42 Å². The molecule has 0 aromatic heterocycles. The Morgan fingerprint density at radius 2 is 1.05 bits per heavy atom. The number of hydrogen-bond acceptors (Lipinski definition) is 9. The number of nitrogens with zero attached hydrogens (tertiary/aromatic N) is 6. The van der Waals surface area contributed by atoms with Gasteiger partial charge in [0.1, 0.15) is 0 Å². The Labute approximate surface area is 294 Å². The summed E-state index contributed by atoms with van der Waals surface area (Å²) in [6.45, 7) is 4.50. The maximum Gasteiger partial charge on any atom is 1.00 e. The first-order valence-electron chi connectivity index (χ1n) is 13.7. The maximum atomic E-state index is 10.7. The van der Waals surface area contributed by atoms with Gasteiger partial charge < -0.3 is 17.4 Å². The summed E-state index contributed by atoms with van der Waals surface area (Å²) in [5, 5.41) is 6.96. The van der Waals surface area contributed by atoms with Crippen LogP contribution in [-0.4, -0.2) is 50.4 Å². The zero-order valence-corrected chi connectivity index (χ0v) is 30.7. The van der Waals surface area contributed by atoms with Gasteiger partial charge in [0.05, 0.1) is 12.9 Å². The summed E-state index contributed by atoms with van der Waals surface area (Å²) < 4.78 is 26.0. The molecule has 0 saturated carbocycles. The van der Waals surface area contributed by atoms with E-state index in [0.717, 1.165) is 57.0 Å². The van der Waals surface area contributed by atoms with Crippen molar-refractivity contribution in [1.82, 2.24) is 0 Å². The van der Waals surface area contributed by atoms with Gasteiger partial charge in [0.15, 0.2) is 5.12 Å². The Bertz CT molecular complexity index is 780. The number of carbonyl (C=O) groups is 2. The normalized spacial score (nSPS) is 9.88. The maximum absolute atomic E-state index is 10.7. The van der Waals surface area contributed by atoms with E-state index in [-0.39, 0.29) is 61.6 Å². The minimum absolute atomic E-state index is 0. The summed E-state index contributed by atoms with van der Waals surface area (Å²) in [7, 11) is -3.27. The molecule has 0 amide bonds. The van der Waals surface area contributed by atoms with Crippen LogP contribution in [0.5, 0.6) is 0 Å². The van der Waals surface area contributed by atoms with E-state index < -0.39 is 10.1 Å². The Hall–Kier alpha value is 0.0764. The van der Waals surface area contributed by atoms with Crippen LogP contribution in [0.25, 0.3) is 20.9 Å². The van der Waals surface area contributed by atoms with Gasteiger partial charge in [-0.05, 0) is 43.7 Å². The average Bonchev–Trinajstić information content (AvgIpc) is 2.84. The van der Waals surface area contributed by atoms with Crippen LogP contribution in [0.15, 0.2) is 10.2 Å². The first-order valence-corrected chi connectivity index (χ1v) is 16.9. The van der Waals surface area contributed by atoms with Crippen LogP contribution in [-0.2, 0) is 36.5 Å². The quantitative estimate of drug-likeness (QED) is 0.0279. The van der Waals surface area contributed by atoms with Gasteiger partial charge >= 0.3 is 51.4 Å². The third-order valence-corrected chi connectivity index (χ3v) is 6.53. The number of unbranched alkanes of at least 4 members (excludes halogenated alkanes) is 14. The summed E-state index contributed by atoms with van der Waals surface area (Å²) in [6, 6.07) is 0. The first-order chi connectivity index (χ1) is 18.6. The van der Waals surface area contributed by atoms with Crippen molar-refractivity contribution in [3.05, 3.63) is 20.9 Å². The summed E-state index contributed by atoms with van der Waals surface area (Å²) in [5.41, 5.74) is 16.2. The van der Waals surface area contributed by atoms with Gasteiger partial charge in [-0.1, -0.05) is 99.0 Å². The second-order valence-electron chi connectivity index (χ2n) is 8.92. The molecule has 0 aliphatic carbocycles. The van der Waals surface area contributed by atoms with E-state index in [0.29, 0.717) is 19.7 Å². The number of thioether (sulfide) groups is 1. The van der Waals surface area contributed by atoms with Crippen molar-refractivity contribution < 1.29 is 73.6 Å². The molecule has 0 atom stereocenters. The zero-order chi connectivity index (χ0) is 30.0. The molecule has 0 N–H and O–H groups in total. The monoisotopic (exact) mass is 648 g/mol. The molecule has 0 radical (unpaired) electrons. The minimum Gasteiger partial charge on any atom is -0.742 e. The molecule has 0 spiro atoms. The van der Waals surface area contributed by atoms with E-state index in [4.69, 9.17) is 11.1 Å². The van der Waals surface area contributed by atoms with Crippen LogP contribution in [0.3, 0.4) is 0 Å². The fraction of sp³-hybridized carbons (Fsp3) is 0.920. The van der Waals surface area contributed by atoms with Crippen LogP contribution in [0.1, 0.15) is 117 Å². The molecule has 0 aliphatic heterocycles. The largest absolute Gasteiger partial charge is 1.00 e. The third-order valence-electron chi connectivity index (χ3n) is 5.03. The molecule has 0 aliphatic rings. The van der Waals surface area contributed by atoms with Gasteiger partial charge in [0.2, 0.25) is 0 Å². The van der Waals surface area contributed by atoms with Gasteiger partial charge in [-0.3, -0.25) is 8.98 Å². The zero-order valence-electron chi connectivity index (χ0n) is 25.1. The predicted octanol–water partition coefficient (Wildman–Crippen LogP) is 5.17. The second kappa shape index (κ2) is 39.1. The van der Waals surface area contributed by atoms with Gasteiger partial charge in [-0.25, -0.2) is 0 Å². The molecule has 0 bridgehead atoms. The van der Waals surface area contributed by atoms with Crippen molar-refractivity contribution in [2.24, 2.45) is 10.2 Å². The van der Waals surface area contributed by atoms with Crippen LogP contribution in [0.4, 0.5) is 0 Å². The number of azide groups is 2. The molecule has 40 heavy (non-hydrogen) atoms. The van der Waals surface area contributed by atoms with Crippen LogP contribution < -0.4 is 51.4 Å². The summed E-state index contributed by atoms with van der Waals surface area (Å²) in [6.07, 6.45) is 19.2. The third kappa shape index (κ3) is 61.9. The van der Waals surface area contributed by atoms with Gasteiger partial charge in [0.25, 0.3) is 10.1 Å². The van der Waals surface area contributed by atoms with Crippen molar-refractivity contribution >= 4 is 44.7 Å². The van der Waals surface area contributed by atoms with Crippen LogP contribution in [0.2, 0.25) is 0 Å². The average molecular weight is 649 g/mol. The Morgan fingerprint density at radius 3 is 1.38 bits per heavy atom. The number of rotatable bonds is 23. The predicted molar refractivity (Wildman–Crippen MR) is 164 cm³/mol. The molecule has 0 aromatic rings. The minimum atomic E-state index is -3.27. The van der Waals surface area contributed by atoms with E-state index in [9.17, 15) is 18.0 Å². The van der Waals surface area contributed by atoms with E-state index in [1.165, 1.54) is 76.5 Å². The molecular formula is C25H49KN6O5S3. The van der Waals surface area contributed by atoms with E-state index >= 15 is 0 Å². The summed E-state index contributed by atoms with van der Waals surface area (Å²) >= 11 is 5.41. The second-order valence-corrected chi connectivity index (χ2v) is 12.4. The molecule has 11 nitrogen and oxygen atoms in total. The van der Waals surface area contributed by atoms with Gasteiger partial charge in [0, 0.05) is 40.7 Å². The van der Waals surface area contributed by atoms with Gasteiger partial charge in [-0.15, -0.1) is 0 Å². The Balaban J connectivity index is -0.000000279. The van der Waals surface area contributed by atoms with Crippen molar-refractivity contribution in [3.63, 3.8) is 0 Å². The molecule has 0 aromatic carbocycles. The fourth-order valence-corrected chi connectivity index (χ4v) is 4.26. The fourth-order valence-electron chi connectivity index (χ4n) is 3.21. The smallest absolute Gasteiger partial charge is 0.742 e. The molecule has 0 fully saturated rings. The van der Waals surface area contributed by atoms with E-state index in [2.05, 4.69) is 36.9 Å².